The summed E-state index contributed by atoms with van der Waals surface area (Å²) in [7, 11) is 4.78. The molecule has 6 N–H and O–H groups in total. The van der Waals surface area contributed by atoms with Gasteiger partial charge in [-0.15, -0.1) is 0 Å². The molecule has 4 rings (SSSR count). The quantitative estimate of drug-likeness (QED) is 0.213. The van der Waals surface area contributed by atoms with Gasteiger partial charge in [0.1, 0.15) is 11.6 Å². The summed E-state index contributed by atoms with van der Waals surface area (Å²) in [6, 6.07) is -1.23. The summed E-state index contributed by atoms with van der Waals surface area (Å²) < 4.78 is 16.1. The van der Waals surface area contributed by atoms with Crippen LogP contribution in [0.4, 0.5) is 10.1 Å². The summed E-state index contributed by atoms with van der Waals surface area (Å²) in [6.45, 7) is 5.97. The average Bonchev–Trinajstić information content (AvgIpc) is 2.86. The third-order valence-electron chi connectivity index (χ3n) is 9.60. The number of phenolic OH excluding ortho intramolecular Hbond substituents is 1. The number of nitrogen functional groups attached to an aromatic ring is 1. The molecule has 6 unspecified atom stereocenters. The van der Waals surface area contributed by atoms with Crippen molar-refractivity contribution in [1.29, 1.82) is 0 Å². The molecule has 12 heteroatoms. The van der Waals surface area contributed by atoms with Crippen molar-refractivity contribution in [3.05, 3.63) is 22.5 Å². The van der Waals surface area contributed by atoms with Crippen LogP contribution in [0.3, 0.4) is 0 Å². The van der Waals surface area contributed by atoms with Gasteiger partial charge in [0.15, 0.2) is 34.7 Å². The zero-order chi connectivity index (χ0) is 30.2. The molecule has 3 aliphatic rings. The van der Waals surface area contributed by atoms with E-state index in [1.54, 1.807) is 7.05 Å². The van der Waals surface area contributed by atoms with Crippen LogP contribution in [0, 0.1) is 29.5 Å². The lowest BCUT2D eigenvalue weighted by molar-refractivity contribution is -0.181. The highest BCUT2D eigenvalue weighted by Gasteiger charge is 2.69. The summed E-state index contributed by atoms with van der Waals surface area (Å²) in [6.07, 6.45) is 0.420. The van der Waals surface area contributed by atoms with Gasteiger partial charge in [-0.05, 0) is 60.2 Å². The zero-order valence-electron chi connectivity index (χ0n) is 23.6. The highest BCUT2D eigenvalue weighted by atomic mass is 19.1. The Morgan fingerprint density at radius 3 is 2.27 bits per heavy atom. The molecule has 2 fully saturated rings. The van der Waals surface area contributed by atoms with Crippen LogP contribution in [-0.2, 0) is 32.1 Å². The molecule has 0 saturated heterocycles. The van der Waals surface area contributed by atoms with E-state index in [2.05, 4.69) is 0 Å². The molecule has 0 heterocycles. The maximum absolute atomic E-state index is 16.1. The predicted octanol–water partition coefficient (Wildman–Crippen LogP) is 0.209. The van der Waals surface area contributed by atoms with Crippen LogP contribution in [0.1, 0.15) is 55.1 Å². The third kappa shape index (κ3) is 3.99. The highest BCUT2D eigenvalue weighted by molar-refractivity contribution is 6.32. The topological polar surface area (TPSA) is 184 Å². The smallest absolute Gasteiger partial charge is 0.235 e. The zero-order valence-corrected chi connectivity index (χ0v) is 23.6. The number of fused-ring (bicyclic) bond motifs is 3. The fourth-order valence-corrected chi connectivity index (χ4v) is 6.65. The number of phenols is 1. The van der Waals surface area contributed by atoms with Gasteiger partial charge in [0.2, 0.25) is 5.91 Å². The summed E-state index contributed by atoms with van der Waals surface area (Å²) in [5.41, 5.74) is 7.41. The van der Waals surface area contributed by atoms with Crippen molar-refractivity contribution in [2.24, 2.45) is 29.4 Å². The minimum Gasteiger partial charge on any atom is -0.505 e. The summed E-state index contributed by atoms with van der Waals surface area (Å²) in [5, 5.41) is 22.6. The van der Waals surface area contributed by atoms with Gasteiger partial charge < -0.3 is 21.7 Å². The Morgan fingerprint density at radius 2 is 1.75 bits per heavy atom. The van der Waals surface area contributed by atoms with Crippen molar-refractivity contribution in [3.8, 4) is 5.75 Å². The molecule has 3 aliphatic carbocycles. The molecule has 1 amide bonds. The molecule has 0 aromatic heterocycles. The molecular formula is C28H37FN4O7. The summed E-state index contributed by atoms with van der Waals surface area (Å²) >= 11 is 0. The number of likely N-dealkylation sites (N-methyl/N-ethyl adjacent to an activating group) is 1. The Morgan fingerprint density at radius 1 is 1.15 bits per heavy atom. The Bertz CT molecular complexity index is 1340. The lowest BCUT2D eigenvalue weighted by atomic mass is 9.52. The number of halogens is 1. The van der Waals surface area contributed by atoms with Crippen molar-refractivity contribution < 1.29 is 38.6 Å². The fraction of sp³-hybridized carbons (Fsp3) is 0.607. The summed E-state index contributed by atoms with van der Waals surface area (Å²) in [4.78, 5) is 69.4. The number of anilines is 1. The first-order valence-electron chi connectivity index (χ1n) is 13.3. The molecule has 11 nitrogen and oxygen atoms in total. The number of hydrogen-bond donors (Lipinski definition) is 4. The monoisotopic (exact) mass is 560 g/mol. The van der Waals surface area contributed by atoms with Crippen LogP contribution >= 0.6 is 0 Å². The Balaban J connectivity index is 1.84. The number of carbonyl (C=O) groups is 5. The van der Waals surface area contributed by atoms with Crippen LogP contribution < -0.4 is 11.5 Å². The van der Waals surface area contributed by atoms with Gasteiger partial charge in [0, 0.05) is 29.1 Å². The third-order valence-corrected chi connectivity index (χ3v) is 9.60. The number of ketones is 4. The van der Waals surface area contributed by atoms with Gasteiger partial charge >= 0.3 is 0 Å². The van der Waals surface area contributed by atoms with E-state index >= 15 is 4.39 Å². The number of Topliss-reactive ketones (excluding diaryl/α,β-unsaturated/α-hetero) is 4. The van der Waals surface area contributed by atoms with Gasteiger partial charge in [0.05, 0.1) is 23.2 Å². The second kappa shape index (κ2) is 9.71. The van der Waals surface area contributed by atoms with E-state index in [1.807, 2.05) is 25.7 Å². The largest absolute Gasteiger partial charge is 0.505 e. The first-order valence-corrected chi connectivity index (χ1v) is 13.3. The predicted molar refractivity (Wildman–Crippen MR) is 142 cm³/mol. The standard InChI is InChI=1S/C28H37FN4O7/c1-7-27(2,3)33(6)10-13-18(29)12-8-11-9-14-20(32(4)5)23(36)17(26(31)39)25(38)28(14,40)24(37)15(11)21(34)16(12)22(35)19(13)30/h11,14-15,17,20,35,40H,7-10,30H2,1-6H3,(H2,31,39). The summed E-state index contributed by atoms with van der Waals surface area (Å²) in [5.74, 6) is -12.9. The number of aromatic hydroxyl groups is 1. The van der Waals surface area contributed by atoms with Crippen molar-refractivity contribution in [3.63, 3.8) is 0 Å². The molecule has 2 saturated carbocycles. The van der Waals surface area contributed by atoms with Crippen molar-refractivity contribution in [2.45, 2.75) is 63.8 Å². The second-order valence-corrected chi connectivity index (χ2v) is 12.2. The molecule has 0 bridgehead atoms. The highest BCUT2D eigenvalue weighted by Crippen LogP contribution is 2.52. The number of nitrogens with zero attached hydrogens (tertiary/aromatic N) is 2. The fourth-order valence-electron chi connectivity index (χ4n) is 6.65. The van der Waals surface area contributed by atoms with Crippen molar-refractivity contribution in [2.75, 3.05) is 26.9 Å². The first kappa shape index (κ1) is 29.8. The average molecular weight is 561 g/mol. The molecular weight excluding hydrogens is 523 g/mol. The number of aliphatic hydroxyl groups is 1. The molecule has 218 valence electrons. The van der Waals surface area contributed by atoms with E-state index in [0.29, 0.717) is 0 Å². The number of rotatable bonds is 6. The maximum Gasteiger partial charge on any atom is 0.235 e. The van der Waals surface area contributed by atoms with Gasteiger partial charge in [-0.3, -0.25) is 33.8 Å². The molecule has 1 aromatic rings. The maximum atomic E-state index is 16.1. The Labute approximate surface area is 231 Å². The molecule has 0 radical (unpaired) electrons. The van der Waals surface area contributed by atoms with Crippen LogP contribution in [0.15, 0.2) is 0 Å². The van der Waals surface area contributed by atoms with E-state index in [9.17, 15) is 34.2 Å². The molecule has 40 heavy (non-hydrogen) atoms. The number of benzene rings is 1. The number of amides is 1. The van der Waals surface area contributed by atoms with E-state index in [-0.39, 0.29) is 41.7 Å². The number of nitrogens with two attached hydrogens (primary N) is 2. The van der Waals surface area contributed by atoms with Crippen molar-refractivity contribution >= 4 is 34.7 Å². The minimum atomic E-state index is -2.84. The van der Waals surface area contributed by atoms with Crippen LogP contribution in [0.5, 0.6) is 5.75 Å². The SMILES string of the molecule is CCC(C)(C)N(C)Cc1c(N)c(O)c2c(c1F)CC1CC3C(N(C)C)C(=O)C(C(N)=O)C(=O)C3(O)C(=O)C1C2=O. The Hall–Kier alpha value is -3.22. The number of carbonyl (C=O) groups excluding carboxylic acids is 5. The van der Waals surface area contributed by atoms with E-state index in [4.69, 9.17) is 11.5 Å². The van der Waals surface area contributed by atoms with Crippen LogP contribution in [0.25, 0.3) is 0 Å². The Kier molecular flexibility index (Phi) is 7.22. The van der Waals surface area contributed by atoms with Gasteiger partial charge in [-0.2, -0.15) is 0 Å². The molecule has 0 aliphatic heterocycles. The van der Waals surface area contributed by atoms with E-state index < -0.39 is 81.5 Å². The normalized spacial score (nSPS) is 30.4. The van der Waals surface area contributed by atoms with Gasteiger partial charge in [-0.25, -0.2) is 4.39 Å². The second-order valence-electron chi connectivity index (χ2n) is 12.2. The number of hydrogen-bond acceptors (Lipinski definition) is 10. The molecule has 0 spiro atoms. The van der Waals surface area contributed by atoms with E-state index in [1.165, 1.54) is 19.0 Å². The lowest BCUT2D eigenvalue weighted by Gasteiger charge is -2.52. The van der Waals surface area contributed by atoms with Crippen molar-refractivity contribution in [1.82, 2.24) is 9.80 Å². The lowest BCUT2D eigenvalue weighted by Crippen LogP contribution is -2.74. The number of primary amides is 1. The first-order chi connectivity index (χ1) is 18.4. The molecule has 6 atom stereocenters. The minimum absolute atomic E-state index is 0.0173. The van der Waals surface area contributed by atoms with Gasteiger partial charge in [-0.1, -0.05) is 6.92 Å². The van der Waals surface area contributed by atoms with E-state index in [0.717, 1.165) is 6.42 Å². The molecule has 1 aromatic carbocycles. The van der Waals surface area contributed by atoms with Crippen LogP contribution in [-0.4, -0.2) is 87.4 Å². The van der Waals surface area contributed by atoms with Gasteiger partial charge in [0.25, 0.3) is 0 Å². The van der Waals surface area contributed by atoms with Crippen LogP contribution in [0.2, 0.25) is 0 Å².